The molecule has 0 aliphatic rings. The highest BCUT2D eigenvalue weighted by Crippen LogP contribution is 2.16. The van der Waals surface area contributed by atoms with Crippen LogP contribution in [0.2, 0.25) is 5.02 Å². The second-order valence-corrected chi connectivity index (χ2v) is 8.11. The number of aliphatic hydroxyl groups is 1. The third-order valence-corrected chi connectivity index (χ3v) is 5.27. The third-order valence-electron chi connectivity index (χ3n) is 5.04. The highest BCUT2D eigenvalue weighted by molar-refractivity contribution is 6.31. The molecular formula is C24H28ClN3O4. The Kier molecular flexibility index (Phi) is 8.39. The highest BCUT2D eigenvalue weighted by Gasteiger charge is 2.15. The lowest BCUT2D eigenvalue weighted by Crippen LogP contribution is -2.36. The first kappa shape index (κ1) is 23.9. The molecule has 8 heteroatoms. The summed E-state index contributed by atoms with van der Waals surface area (Å²) in [4.78, 5) is 33.4. The number of aliphatic hydroxyl groups excluding tert-OH is 1. The van der Waals surface area contributed by atoms with Crippen LogP contribution < -0.4 is 10.3 Å². The molecule has 2 aromatic carbocycles. The molecule has 3 aromatic rings. The van der Waals surface area contributed by atoms with Gasteiger partial charge in [0.1, 0.15) is 24.3 Å². The van der Waals surface area contributed by atoms with Gasteiger partial charge in [0, 0.05) is 23.6 Å². The number of carbonyl (C=O) groups is 1. The number of aromatic nitrogens is 2. The minimum absolute atomic E-state index is 0.0782. The van der Waals surface area contributed by atoms with E-state index in [0.29, 0.717) is 52.6 Å². The summed E-state index contributed by atoms with van der Waals surface area (Å²) in [7, 11) is 0. The zero-order chi connectivity index (χ0) is 23.1. The smallest absolute Gasteiger partial charge is 0.258 e. The molecule has 0 aliphatic heterocycles. The van der Waals surface area contributed by atoms with Gasteiger partial charge in [0.25, 0.3) is 5.56 Å². The summed E-state index contributed by atoms with van der Waals surface area (Å²) in [6.07, 6.45) is 0.598. The normalized spacial score (nSPS) is 12.3. The van der Waals surface area contributed by atoms with Crippen molar-refractivity contribution in [2.24, 2.45) is 0 Å². The third kappa shape index (κ3) is 6.38. The first-order valence-corrected chi connectivity index (χ1v) is 11.1. The molecule has 3 rings (SSSR count). The Balaban J connectivity index is 1.61. The molecule has 1 aromatic heterocycles. The summed E-state index contributed by atoms with van der Waals surface area (Å²) in [5, 5.41) is 11.5. The van der Waals surface area contributed by atoms with Crippen LogP contribution in [0.3, 0.4) is 0 Å². The molecule has 0 bridgehead atoms. The number of halogens is 1. The van der Waals surface area contributed by atoms with Gasteiger partial charge in [0.15, 0.2) is 5.78 Å². The highest BCUT2D eigenvalue weighted by atomic mass is 35.5. The van der Waals surface area contributed by atoms with E-state index in [4.69, 9.17) is 16.3 Å². The number of benzene rings is 2. The Morgan fingerprint density at radius 3 is 2.66 bits per heavy atom. The van der Waals surface area contributed by atoms with Crippen LogP contribution in [0.15, 0.2) is 47.3 Å². The van der Waals surface area contributed by atoms with Crippen LogP contribution >= 0.6 is 11.6 Å². The van der Waals surface area contributed by atoms with E-state index in [1.807, 2.05) is 18.7 Å². The number of Topliss-reactive ketones (excluding diaryl/α,β-unsaturated/α-hetero) is 1. The Bertz CT molecular complexity index is 1110. The molecule has 1 atom stereocenters. The summed E-state index contributed by atoms with van der Waals surface area (Å²) in [6, 6.07) is 11.9. The van der Waals surface area contributed by atoms with E-state index in [9.17, 15) is 14.7 Å². The number of ether oxygens (including phenoxy) is 1. The van der Waals surface area contributed by atoms with Crippen molar-refractivity contribution in [1.29, 1.82) is 0 Å². The average Bonchev–Trinajstić information content (AvgIpc) is 2.77. The molecule has 0 spiro atoms. The monoisotopic (exact) mass is 457 g/mol. The van der Waals surface area contributed by atoms with Crippen LogP contribution in [-0.2, 0) is 6.54 Å². The molecule has 0 saturated heterocycles. The fraction of sp³-hybridized carbons (Fsp3) is 0.375. The first-order chi connectivity index (χ1) is 15.4. The Morgan fingerprint density at radius 2 is 1.97 bits per heavy atom. The summed E-state index contributed by atoms with van der Waals surface area (Å²) < 4.78 is 5.68. The van der Waals surface area contributed by atoms with Crippen molar-refractivity contribution in [3.05, 3.63) is 69.2 Å². The molecule has 170 valence electrons. The maximum absolute atomic E-state index is 12.4. The number of fused-ring (bicyclic) bond motifs is 1. The van der Waals surface area contributed by atoms with Crippen LogP contribution in [-0.4, -0.2) is 51.6 Å². The summed E-state index contributed by atoms with van der Waals surface area (Å²) in [6.45, 7) is 5.45. The number of hydrogen-bond acceptors (Lipinski definition) is 6. The fourth-order valence-electron chi connectivity index (χ4n) is 3.48. The van der Waals surface area contributed by atoms with E-state index >= 15 is 0 Å². The van der Waals surface area contributed by atoms with Crippen LogP contribution in [0, 0.1) is 0 Å². The molecule has 0 aliphatic carbocycles. The van der Waals surface area contributed by atoms with E-state index in [-0.39, 0.29) is 17.9 Å². The molecule has 1 unspecified atom stereocenters. The predicted molar refractivity (Wildman–Crippen MR) is 126 cm³/mol. The van der Waals surface area contributed by atoms with E-state index in [1.54, 1.807) is 42.5 Å². The van der Waals surface area contributed by atoms with Gasteiger partial charge in [0.2, 0.25) is 0 Å². The van der Waals surface area contributed by atoms with Gasteiger partial charge in [0.05, 0.1) is 17.4 Å². The number of nitrogens with one attached hydrogen (secondary N) is 1. The van der Waals surface area contributed by atoms with Crippen LogP contribution in [0.1, 0.15) is 42.9 Å². The molecule has 0 fully saturated rings. The number of ketones is 1. The van der Waals surface area contributed by atoms with Crippen molar-refractivity contribution >= 4 is 28.3 Å². The Morgan fingerprint density at radius 1 is 1.22 bits per heavy atom. The van der Waals surface area contributed by atoms with Crippen LogP contribution in [0.4, 0.5) is 0 Å². The van der Waals surface area contributed by atoms with Gasteiger partial charge in [-0.05, 0) is 55.4 Å². The van der Waals surface area contributed by atoms with Gasteiger partial charge in [-0.2, -0.15) is 0 Å². The van der Waals surface area contributed by atoms with Crippen molar-refractivity contribution in [2.75, 3.05) is 19.7 Å². The maximum atomic E-state index is 12.4. The summed E-state index contributed by atoms with van der Waals surface area (Å²) in [5.41, 5.74) is 0.973. The topological polar surface area (TPSA) is 95.5 Å². The van der Waals surface area contributed by atoms with Gasteiger partial charge in [-0.25, -0.2) is 4.98 Å². The number of H-pyrrole nitrogens is 1. The van der Waals surface area contributed by atoms with Crippen LogP contribution in [0.25, 0.3) is 10.9 Å². The quantitative estimate of drug-likeness (QED) is 0.425. The zero-order valence-electron chi connectivity index (χ0n) is 18.3. The van der Waals surface area contributed by atoms with Gasteiger partial charge >= 0.3 is 0 Å². The lowest BCUT2D eigenvalue weighted by Gasteiger charge is -2.24. The first-order valence-electron chi connectivity index (χ1n) is 10.7. The SMILES string of the molecule is CCCN(Cc1nc2cc(Cl)ccc2c(=O)[nH]1)CC(O)COc1ccc(C(=O)CC)cc1. The molecule has 0 amide bonds. The van der Waals surface area contributed by atoms with Gasteiger partial charge in [-0.1, -0.05) is 25.4 Å². The van der Waals surface area contributed by atoms with Gasteiger partial charge < -0.3 is 14.8 Å². The van der Waals surface area contributed by atoms with E-state index in [0.717, 1.165) is 13.0 Å². The van der Waals surface area contributed by atoms with Gasteiger partial charge in [-0.15, -0.1) is 0 Å². The molecular weight excluding hydrogens is 430 g/mol. The minimum atomic E-state index is -0.736. The average molecular weight is 458 g/mol. The van der Waals surface area contributed by atoms with E-state index in [2.05, 4.69) is 9.97 Å². The van der Waals surface area contributed by atoms with Crippen molar-refractivity contribution in [3.63, 3.8) is 0 Å². The van der Waals surface area contributed by atoms with Crippen molar-refractivity contribution in [3.8, 4) is 5.75 Å². The van der Waals surface area contributed by atoms with E-state index < -0.39 is 6.10 Å². The molecule has 0 radical (unpaired) electrons. The van der Waals surface area contributed by atoms with Crippen molar-refractivity contribution in [1.82, 2.24) is 14.9 Å². The second-order valence-electron chi connectivity index (χ2n) is 7.68. The number of aromatic amines is 1. The van der Waals surface area contributed by atoms with E-state index in [1.165, 1.54) is 0 Å². The second kappa shape index (κ2) is 11.2. The summed E-state index contributed by atoms with van der Waals surface area (Å²) in [5.74, 6) is 1.19. The largest absolute Gasteiger partial charge is 0.491 e. The molecule has 0 saturated carbocycles. The number of nitrogens with zero attached hydrogens (tertiary/aromatic N) is 2. The Hall–Kier alpha value is -2.74. The Labute approximate surface area is 192 Å². The maximum Gasteiger partial charge on any atom is 0.258 e. The predicted octanol–water partition coefficient (Wildman–Crippen LogP) is 3.82. The number of carbonyl (C=O) groups excluding carboxylic acids is 1. The summed E-state index contributed by atoms with van der Waals surface area (Å²) >= 11 is 6.04. The van der Waals surface area contributed by atoms with Crippen molar-refractivity contribution < 1.29 is 14.6 Å². The molecule has 1 heterocycles. The lowest BCUT2D eigenvalue weighted by atomic mass is 10.1. The minimum Gasteiger partial charge on any atom is -0.491 e. The molecule has 32 heavy (non-hydrogen) atoms. The molecule has 7 nitrogen and oxygen atoms in total. The van der Waals surface area contributed by atoms with Crippen molar-refractivity contribution in [2.45, 2.75) is 39.3 Å². The number of hydrogen-bond donors (Lipinski definition) is 2. The lowest BCUT2D eigenvalue weighted by molar-refractivity contribution is 0.0647. The van der Waals surface area contributed by atoms with Crippen LogP contribution in [0.5, 0.6) is 5.75 Å². The number of rotatable bonds is 11. The fourth-order valence-corrected chi connectivity index (χ4v) is 3.65. The molecule has 2 N–H and O–H groups in total. The zero-order valence-corrected chi connectivity index (χ0v) is 19.1. The van der Waals surface area contributed by atoms with Gasteiger partial charge in [-0.3, -0.25) is 14.5 Å². The standard InChI is InChI=1S/C24H28ClN3O4/c1-3-11-28(14-23-26-21-12-17(25)7-10-20(21)24(31)27-23)13-18(29)15-32-19-8-5-16(6-9-19)22(30)4-2/h5-10,12,18,29H,3-4,11,13-15H2,1-2H3,(H,26,27,31).